The third-order valence-electron chi connectivity index (χ3n) is 4.46. The van der Waals surface area contributed by atoms with Crippen molar-refractivity contribution in [3.63, 3.8) is 0 Å². The number of hydrogen-bond donors (Lipinski definition) is 1. The Labute approximate surface area is 173 Å². The highest BCUT2D eigenvalue weighted by Crippen LogP contribution is 2.28. The van der Waals surface area contributed by atoms with Crippen molar-refractivity contribution in [3.05, 3.63) is 53.6 Å². The van der Waals surface area contributed by atoms with Crippen LogP contribution in [0.5, 0.6) is 11.5 Å². The fraction of sp³-hybridized carbons (Fsp3) is 0.286. The van der Waals surface area contributed by atoms with E-state index in [2.05, 4.69) is 5.32 Å². The summed E-state index contributed by atoms with van der Waals surface area (Å²) in [6, 6.07) is 13.5. The molecule has 0 bridgehead atoms. The highest BCUT2D eigenvalue weighted by atomic mass is 32.2. The largest absolute Gasteiger partial charge is 0.493 e. The van der Waals surface area contributed by atoms with Crippen LogP contribution in [0.1, 0.15) is 11.1 Å². The molecular weight excluding hydrogens is 390 g/mol. The van der Waals surface area contributed by atoms with Crippen LogP contribution >= 0.6 is 11.8 Å². The quantitative estimate of drug-likeness (QED) is 0.786. The minimum atomic E-state index is -0.577. The van der Waals surface area contributed by atoms with Crippen LogP contribution in [0.2, 0.25) is 0 Å². The van der Waals surface area contributed by atoms with Crippen molar-refractivity contribution in [2.75, 3.05) is 30.7 Å². The van der Waals surface area contributed by atoms with Crippen LogP contribution in [0.25, 0.3) is 0 Å². The maximum atomic E-state index is 12.7. The van der Waals surface area contributed by atoms with Crippen molar-refractivity contribution in [1.82, 2.24) is 4.90 Å². The Morgan fingerprint density at radius 2 is 2.00 bits per heavy atom. The fourth-order valence-electron chi connectivity index (χ4n) is 2.88. The van der Waals surface area contributed by atoms with Gasteiger partial charge < -0.3 is 19.7 Å². The summed E-state index contributed by atoms with van der Waals surface area (Å²) in [6.45, 7) is 1.76. The summed E-state index contributed by atoms with van der Waals surface area (Å²) < 4.78 is 10.9. The maximum absolute atomic E-state index is 12.7. The monoisotopic (exact) mass is 411 g/mol. The first-order valence-corrected chi connectivity index (χ1v) is 10.1. The van der Waals surface area contributed by atoms with Crippen LogP contribution in [0.15, 0.2) is 42.5 Å². The van der Waals surface area contributed by atoms with Gasteiger partial charge in [-0.1, -0.05) is 6.07 Å². The average molecular weight is 411 g/mol. The van der Waals surface area contributed by atoms with Gasteiger partial charge in [0.1, 0.15) is 6.04 Å². The normalized spacial score (nSPS) is 15.5. The molecule has 29 heavy (non-hydrogen) atoms. The molecule has 2 aromatic carbocycles. The van der Waals surface area contributed by atoms with Gasteiger partial charge in [0.05, 0.1) is 24.6 Å². The van der Waals surface area contributed by atoms with Gasteiger partial charge in [0, 0.05) is 11.4 Å². The molecular formula is C21H21N3O4S. The lowest BCUT2D eigenvalue weighted by molar-refractivity contribution is -0.137. The molecule has 1 unspecified atom stereocenters. The molecule has 0 spiro atoms. The Bertz CT molecular complexity index is 940. The molecule has 1 N–H and O–H groups in total. The van der Waals surface area contributed by atoms with Crippen molar-refractivity contribution in [2.24, 2.45) is 0 Å². The summed E-state index contributed by atoms with van der Waals surface area (Å²) in [5, 5.41) is 11.7. The summed E-state index contributed by atoms with van der Waals surface area (Å²) in [7, 11) is 1.55. The van der Waals surface area contributed by atoms with E-state index in [9.17, 15) is 9.59 Å². The Morgan fingerprint density at radius 1 is 1.24 bits per heavy atom. The predicted molar refractivity (Wildman–Crippen MR) is 111 cm³/mol. The minimum Gasteiger partial charge on any atom is -0.493 e. The molecule has 1 aliphatic heterocycles. The number of rotatable bonds is 6. The number of carbonyl (C=O) groups excluding carboxylic acids is 2. The highest BCUT2D eigenvalue weighted by Gasteiger charge is 2.35. The summed E-state index contributed by atoms with van der Waals surface area (Å²) in [6.07, 6.45) is 0. The molecule has 150 valence electrons. The van der Waals surface area contributed by atoms with Gasteiger partial charge in [-0.25, -0.2) is 0 Å². The van der Waals surface area contributed by atoms with Gasteiger partial charge in [-0.05, 0) is 48.9 Å². The number of amides is 2. The molecule has 1 atom stereocenters. The molecule has 0 saturated carbocycles. The van der Waals surface area contributed by atoms with E-state index in [1.54, 1.807) is 37.4 Å². The van der Waals surface area contributed by atoms with E-state index in [-0.39, 0.29) is 18.4 Å². The lowest BCUT2D eigenvalue weighted by Gasteiger charge is -2.23. The summed E-state index contributed by atoms with van der Waals surface area (Å²) >= 11 is 1.52. The van der Waals surface area contributed by atoms with Gasteiger partial charge in [0.15, 0.2) is 18.1 Å². The first kappa shape index (κ1) is 20.6. The Kier molecular flexibility index (Phi) is 6.62. The molecule has 1 fully saturated rings. The number of nitriles is 1. The van der Waals surface area contributed by atoms with Crippen LogP contribution in [0.3, 0.4) is 0 Å². The van der Waals surface area contributed by atoms with E-state index in [4.69, 9.17) is 14.7 Å². The molecule has 7 nitrogen and oxygen atoms in total. The number of hydrogen-bond acceptors (Lipinski definition) is 6. The number of anilines is 1. The number of methoxy groups -OCH3 is 1. The van der Waals surface area contributed by atoms with E-state index in [1.807, 2.05) is 25.1 Å². The summed E-state index contributed by atoms with van der Waals surface area (Å²) in [5.41, 5.74) is 2.12. The average Bonchev–Trinajstić information content (AvgIpc) is 3.23. The Hall–Kier alpha value is -3.18. The molecule has 8 heteroatoms. The highest BCUT2D eigenvalue weighted by molar-refractivity contribution is 7.99. The molecule has 0 aliphatic carbocycles. The second-order valence-electron chi connectivity index (χ2n) is 6.50. The predicted octanol–water partition coefficient (Wildman–Crippen LogP) is 2.79. The number of ether oxygens (including phenoxy) is 2. The van der Waals surface area contributed by atoms with Crippen molar-refractivity contribution in [1.29, 1.82) is 5.26 Å². The van der Waals surface area contributed by atoms with Gasteiger partial charge in [0.2, 0.25) is 5.91 Å². The molecule has 2 aromatic rings. The van der Waals surface area contributed by atoms with Crippen LogP contribution < -0.4 is 14.8 Å². The number of nitrogens with one attached hydrogen (secondary N) is 1. The van der Waals surface area contributed by atoms with Gasteiger partial charge in [0.25, 0.3) is 5.91 Å². The first-order chi connectivity index (χ1) is 14.0. The third-order valence-corrected chi connectivity index (χ3v) is 5.47. The first-order valence-electron chi connectivity index (χ1n) is 8.97. The van der Waals surface area contributed by atoms with Crippen LogP contribution in [0, 0.1) is 18.3 Å². The van der Waals surface area contributed by atoms with Crippen LogP contribution in [-0.4, -0.2) is 48.1 Å². The van der Waals surface area contributed by atoms with Gasteiger partial charge in [-0.15, -0.1) is 11.8 Å². The van der Waals surface area contributed by atoms with E-state index in [1.165, 1.54) is 16.7 Å². The Morgan fingerprint density at radius 3 is 2.69 bits per heavy atom. The second kappa shape index (κ2) is 9.34. The van der Waals surface area contributed by atoms with Crippen molar-refractivity contribution < 1.29 is 19.1 Å². The Balaban J connectivity index is 1.61. The van der Waals surface area contributed by atoms with Crippen molar-refractivity contribution >= 4 is 29.3 Å². The molecule has 0 radical (unpaired) electrons. The van der Waals surface area contributed by atoms with Crippen molar-refractivity contribution in [3.8, 4) is 17.6 Å². The van der Waals surface area contributed by atoms with Gasteiger partial charge in [-0.2, -0.15) is 5.26 Å². The maximum Gasteiger partial charge on any atom is 0.261 e. The zero-order chi connectivity index (χ0) is 20.8. The molecule has 3 rings (SSSR count). The van der Waals surface area contributed by atoms with E-state index in [0.717, 1.165) is 5.56 Å². The van der Waals surface area contributed by atoms with Crippen LogP contribution in [0.4, 0.5) is 5.69 Å². The standard InChI is InChI=1S/C21H21N3O4S/c1-14-3-8-18(19(9-14)27-2)28-11-20(25)24-13-29-12-17(24)21(26)23-16-6-4-15(10-22)5-7-16/h3-9,17H,11-13H2,1-2H3,(H,23,26). The van der Waals surface area contributed by atoms with Crippen molar-refractivity contribution in [2.45, 2.75) is 13.0 Å². The second-order valence-corrected chi connectivity index (χ2v) is 7.50. The summed E-state index contributed by atoms with van der Waals surface area (Å²) in [4.78, 5) is 26.8. The van der Waals surface area contributed by atoms with Gasteiger partial charge in [-0.3, -0.25) is 9.59 Å². The fourth-order valence-corrected chi connectivity index (χ4v) is 4.06. The number of thioether (sulfide) groups is 1. The zero-order valence-electron chi connectivity index (χ0n) is 16.2. The number of nitrogens with zero attached hydrogens (tertiary/aromatic N) is 2. The molecule has 1 saturated heterocycles. The SMILES string of the molecule is COc1cc(C)ccc1OCC(=O)N1CSCC1C(=O)Nc1ccc(C#N)cc1. The lowest BCUT2D eigenvalue weighted by atomic mass is 10.2. The number of benzene rings is 2. The number of aryl methyl sites for hydroxylation is 1. The third kappa shape index (κ3) is 5.00. The summed E-state index contributed by atoms with van der Waals surface area (Å²) in [5.74, 6) is 1.46. The molecule has 1 aliphatic rings. The smallest absolute Gasteiger partial charge is 0.261 e. The zero-order valence-corrected chi connectivity index (χ0v) is 17.0. The van der Waals surface area contributed by atoms with Crippen LogP contribution in [-0.2, 0) is 9.59 Å². The van der Waals surface area contributed by atoms with E-state index < -0.39 is 6.04 Å². The van der Waals surface area contributed by atoms with Gasteiger partial charge >= 0.3 is 0 Å². The minimum absolute atomic E-state index is 0.180. The number of carbonyl (C=O) groups is 2. The topological polar surface area (TPSA) is 91.7 Å². The van der Waals surface area contributed by atoms with E-state index in [0.29, 0.717) is 34.4 Å². The lowest BCUT2D eigenvalue weighted by Crippen LogP contribution is -2.46. The molecule has 1 heterocycles. The molecule has 2 amide bonds. The van der Waals surface area contributed by atoms with E-state index >= 15 is 0 Å². The molecule has 0 aromatic heterocycles.